The molecule has 0 bridgehead atoms. The van der Waals surface area contributed by atoms with Gasteiger partial charge in [0.1, 0.15) is 11.9 Å². The lowest BCUT2D eigenvalue weighted by atomic mass is 9.52. The standard InChI is InChI=1S/C22H31NO2/c1-15-6-3-9-18-20(15)21-12-13-23(14-17-7-4-8-17)16(2)22(21,24)11-5-10-19(21)25-18/h3,6,9,16-17,19,24H,4-5,7-8,10-14H2,1-2H3. The van der Waals surface area contributed by atoms with Crippen LogP contribution in [0.25, 0.3) is 0 Å². The number of hydrogen-bond acceptors (Lipinski definition) is 3. The third kappa shape index (κ3) is 2.00. The van der Waals surface area contributed by atoms with E-state index in [-0.39, 0.29) is 17.6 Å². The molecule has 0 aromatic heterocycles. The minimum atomic E-state index is -0.671. The van der Waals surface area contributed by atoms with Crippen molar-refractivity contribution in [2.24, 2.45) is 5.92 Å². The van der Waals surface area contributed by atoms with Gasteiger partial charge in [0.25, 0.3) is 0 Å². The SMILES string of the molecule is Cc1cccc2c1C13CCN(CC4CCC4)C(C)C1(O)CCCC3O2. The number of rotatable bonds is 2. The molecule has 0 radical (unpaired) electrons. The van der Waals surface area contributed by atoms with Crippen LogP contribution < -0.4 is 4.74 Å². The number of likely N-dealkylation sites (tertiary alicyclic amines) is 1. The molecule has 1 N–H and O–H groups in total. The first-order chi connectivity index (χ1) is 12.1. The van der Waals surface area contributed by atoms with Crippen molar-refractivity contribution in [1.82, 2.24) is 4.90 Å². The number of piperidine rings is 1. The van der Waals surface area contributed by atoms with E-state index in [1.807, 2.05) is 0 Å². The van der Waals surface area contributed by atoms with Crippen LogP contribution in [0, 0.1) is 12.8 Å². The fraction of sp³-hybridized carbons (Fsp3) is 0.727. The third-order valence-electron chi connectivity index (χ3n) is 8.05. The monoisotopic (exact) mass is 341 g/mol. The fourth-order valence-corrected chi connectivity index (χ4v) is 6.46. The van der Waals surface area contributed by atoms with E-state index in [1.165, 1.54) is 36.9 Å². The van der Waals surface area contributed by atoms with Crippen LogP contribution in [0.15, 0.2) is 18.2 Å². The fourth-order valence-electron chi connectivity index (χ4n) is 6.46. The van der Waals surface area contributed by atoms with Crippen LogP contribution in [0.4, 0.5) is 0 Å². The number of aliphatic hydroxyl groups is 1. The first-order valence-electron chi connectivity index (χ1n) is 10.3. The molecule has 2 aliphatic heterocycles. The molecular weight excluding hydrogens is 310 g/mol. The second kappa shape index (κ2) is 5.47. The van der Waals surface area contributed by atoms with Crippen molar-refractivity contribution >= 4 is 0 Å². The maximum Gasteiger partial charge on any atom is 0.124 e. The van der Waals surface area contributed by atoms with Crippen molar-refractivity contribution in [2.75, 3.05) is 13.1 Å². The van der Waals surface area contributed by atoms with E-state index in [2.05, 4.69) is 36.9 Å². The van der Waals surface area contributed by atoms with Gasteiger partial charge in [-0.3, -0.25) is 4.90 Å². The number of fused-ring (bicyclic) bond motifs is 1. The Morgan fingerprint density at radius 2 is 2.04 bits per heavy atom. The Bertz CT molecular complexity index is 685. The molecule has 1 aromatic carbocycles. The van der Waals surface area contributed by atoms with E-state index in [1.54, 1.807) is 0 Å². The van der Waals surface area contributed by atoms with Gasteiger partial charge in [0, 0.05) is 18.2 Å². The van der Waals surface area contributed by atoms with Crippen molar-refractivity contribution in [3.05, 3.63) is 29.3 Å². The molecule has 3 fully saturated rings. The highest BCUT2D eigenvalue weighted by Crippen LogP contribution is 2.61. The number of hydrogen-bond donors (Lipinski definition) is 1. The summed E-state index contributed by atoms with van der Waals surface area (Å²) in [5.74, 6) is 1.89. The highest BCUT2D eigenvalue weighted by Gasteiger charge is 2.67. The predicted molar refractivity (Wildman–Crippen MR) is 99.1 cm³/mol. The minimum Gasteiger partial charge on any atom is -0.489 e. The molecule has 2 heterocycles. The Morgan fingerprint density at radius 3 is 2.80 bits per heavy atom. The molecule has 4 unspecified atom stereocenters. The third-order valence-corrected chi connectivity index (χ3v) is 8.05. The molecule has 2 aliphatic carbocycles. The van der Waals surface area contributed by atoms with E-state index in [9.17, 15) is 5.11 Å². The molecular formula is C22H31NO2. The van der Waals surface area contributed by atoms with Gasteiger partial charge in [0.2, 0.25) is 0 Å². The predicted octanol–water partition coefficient (Wildman–Crippen LogP) is 3.80. The molecule has 136 valence electrons. The second-order valence-electron chi connectivity index (χ2n) is 9.06. The van der Waals surface area contributed by atoms with E-state index in [4.69, 9.17) is 4.74 Å². The van der Waals surface area contributed by atoms with Crippen molar-refractivity contribution in [2.45, 2.75) is 82.0 Å². The van der Waals surface area contributed by atoms with Crippen LogP contribution in [0.1, 0.15) is 63.0 Å². The summed E-state index contributed by atoms with van der Waals surface area (Å²) < 4.78 is 6.44. The van der Waals surface area contributed by atoms with E-state index in [0.717, 1.165) is 43.9 Å². The van der Waals surface area contributed by atoms with Gasteiger partial charge in [0.15, 0.2) is 0 Å². The maximum absolute atomic E-state index is 12.1. The summed E-state index contributed by atoms with van der Waals surface area (Å²) in [6, 6.07) is 6.61. The van der Waals surface area contributed by atoms with Gasteiger partial charge >= 0.3 is 0 Å². The minimum absolute atomic E-state index is 0.149. The Labute approximate surface area is 151 Å². The maximum atomic E-state index is 12.1. The highest BCUT2D eigenvalue weighted by molar-refractivity contribution is 5.53. The summed E-state index contributed by atoms with van der Waals surface area (Å²) in [5, 5.41) is 12.1. The molecule has 1 saturated heterocycles. The van der Waals surface area contributed by atoms with Gasteiger partial charge in [0.05, 0.1) is 11.0 Å². The van der Waals surface area contributed by atoms with Crippen LogP contribution in [0.3, 0.4) is 0 Å². The number of nitrogens with zero attached hydrogens (tertiary/aromatic N) is 1. The topological polar surface area (TPSA) is 32.7 Å². The first kappa shape index (κ1) is 16.1. The molecule has 4 aliphatic rings. The summed E-state index contributed by atoms with van der Waals surface area (Å²) in [7, 11) is 0. The largest absolute Gasteiger partial charge is 0.489 e. The molecule has 5 rings (SSSR count). The van der Waals surface area contributed by atoms with Crippen molar-refractivity contribution in [1.29, 1.82) is 0 Å². The molecule has 4 atom stereocenters. The average Bonchev–Trinajstić information content (AvgIpc) is 2.89. The zero-order valence-corrected chi connectivity index (χ0v) is 15.6. The molecule has 25 heavy (non-hydrogen) atoms. The average molecular weight is 341 g/mol. The van der Waals surface area contributed by atoms with Crippen molar-refractivity contribution < 1.29 is 9.84 Å². The van der Waals surface area contributed by atoms with Gasteiger partial charge in [-0.1, -0.05) is 18.6 Å². The lowest BCUT2D eigenvalue weighted by Crippen LogP contribution is -2.72. The van der Waals surface area contributed by atoms with Gasteiger partial charge in [-0.25, -0.2) is 0 Å². The van der Waals surface area contributed by atoms with E-state index >= 15 is 0 Å². The highest BCUT2D eigenvalue weighted by atomic mass is 16.5. The zero-order valence-electron chi connectivity index (χ0n) is 15.6. The quantitative estimate of drug-likeness (QED) is 0.888. The smallest absolute Gasteiger partial charge is 0.124 e. The summed E-state index contributed by atoms with van der Waals surface area (Å²) in [6.07, 6.45) is 8.37. The Morgan fingerprint density at radius 1 is 1.20 bits per heavy atom. The van der Waals surface area contributed by atoms with Crippen LogP contribution in [-0.2, 0) is 5.41 Å². The van der Waals surface area contributed by atoms with Gasteiger partial charge in [-0.2, -0.15) is 0 Å². The molecule has 3 heteroatoms. The summed E-state index contributed by atoms with van der Waals surface area (Å²) in [4.78, 5) is 2.59. The number of ether oxygens (including phenoxy) is 1. The Balaban J connectivity index is 1.57. The molecule has 1 spiro atoms. The molecule has 2 saturated carbocycles. The van der Waals surface area contributed by atoms with Crippen LogP contribution in [-0.4, -0.2) is 40.8 Å². The lowest BCUT2D eigenvalue weighted by molar-refractivity contribution is -0.177. The molecule has 3 nitrogen and oxygen atoms in total. The van der Waals surface area contributed by atoms with Crippen molar-refractivity contribution in [3.8, 4) is 5.75 Å². The van der Waals surface area contributed by atoms with Gasteiger partial charge in [-0.15, -0.1) is 0 Å². The normalized spacial score (nSPS) is 40.6. The summed E-state index contributed by atoms with van der Waals surface area (Å²) >= 11 is 0. The number of aryl methyl sites for hydroxylation is 1. The summed E-state index contributed by atoms with van der Waals surface area (Å²) in [5.41, 5.74) is 1.73. The summed E-state index contributed by atoms with van der Waals surface area (Å²) in [6.45, 7) is 6.73. The van der Waals surface area contributed by atoms with Gasteiger partial charge < -0.3 is 9.84 Å². The van der Waals surface area contributed by atoms with E-state index in [0.29, 0.717) is 0 Å². The molecule has 0 amide bonds. The molecule has 1 aromatic rings. The van der Waals surface area contributed by atoms with Crippen LogP contribution >= 0.6 is 0 Å². The van der Waals surface area contributed by atoms with E-state index < -0.39 is 5.60 Å². The Kier molecular flexibility index (Phi) is 3.53. The Hall–Kier alpha value is -1.06. The zero-order chi connectivity index (χ0) is 17.2. The lowest BCUT2D eigenvalue weighted by Gasteiger charge is -2.60. The second-order valence-corrected chi connectivity index (χ2v) is 9.06. The van der Waals surface area contributed by atoms with Crippen molar-refractivity contribution in [3.63, 3.8) is 0 Å². The first-order valence-corrected chi connectivity index (χ1v) is 10.3. The van der Waals surface area contributed by atoms with Gasteiger partial charge in [-0.05, 0) is 76.5 Å². The van der Waals surface area contributed by atoms with Crippen LogP contribution in [0.5, 0.6) is 5.75 Å². The number of benzene rings is 1. The van der Waals surface area contributed by atoms with Crippen LogP contribution in [0.2, 0.25) is 0 Å².